The molecule has 1 aromatic heterocycles. The fourth-order valence-electron chi connectivity index (χ4n) is 2.36. The zero-order chi connectivity index (χ0) is 14.5. The molecule has 4 nitrogen and oxygen atoms in total. The molecule has 0 radical (unpaired) electrons. The highest BCUT2D eigenvalue weighted by atomic mass is 79.9. The Labute approximate surface area is 128 Å². The van der Waals surface area contributed by atoms with Crippen LogP contribution >= 0.6 is 15.9 Å². The van der Waals surface area contributed by atoms with Crippen LogP contribution in [0.25, 0.3) is 0 Å². The van der Waals surface area contributed by atoms with Crippen molar-refractivity contribution in [1.82, 2.24) is 20.1 Å². The minimum Gasteiger partial charge on any atom is -0.310 e. The largest absolute Gasteiger partial charge is 0.310 e. The SMILES string of the molecule is CCNC(Cc1ncnn1CC)c1cc(C)ccc1Br. The summed E-state index contributed by atoms with van der Waals surface area (Å²) in [6.07, 6.45) is 2.47. The van der Waals surface area contributed by atoms with E-state index in [4.69, 9.17) is 0 Å². The Morgan fingerprint density at radius 2 is 2.15 bits per heavy atom. The van der Waals surface area contributed by atoms with Gasteiger partial charge in [-0.1, -0.05) is 40.5 Å². The molecule has 0 spiro atoms. The van der Waals surface area contributed by atoms with E-state index in [1.54, 1.807) is 6.33 Å². The maximum Gasteiger partial charge on any atom is 0.138 e. The molecule has 1 unspecified atom stereocenters. The van der Waals surface area contributed by atoms with Crippen LogP contribution in [0.2, 0.25) is 0 Å². The minimum absolute atomic E-state index is 0.240. The first-order chi connectivity index (χ1) is 9.65. The van der Waals surface area contributed by atoms with Gasteiger partial charge in [0, 0.05) is 23.5 Å². The van der Waals surface area contributed by atoms with E-state index >= 15 is 0 Å². The predicted molar refractivity (Wildman–Crippen MR) is 84.7 cm³/mol. The lowest BCUT2D eigenvalue weighted by Crippen LogP contribution is -2.25. The molecular weight excluding hydrogens is 316 g/mol. The van der Waals surface area contributed by atoms with Gasteiger partial charge in [-0.05, 0) is 32.0 Å². The molecule has 1 N–H and O–H groups in total. The molecule has 1 atom stereocenters. The molecule has 0 aliphatic rings. The molecule has 1 aromatic carbocycles. The summed E-state index contributed by atoms with van der Waals surface area (Å²) < 4.78 is 3.09. The monoisotopic (exact) mass is 336 g/mol. The van der Waals surface area contributed by atoms with Crippen LogP contribution in [0.4, 0.5) is 0 Å². The molecule has 20 heavy (non-hydrogen) atoms. The van der Waals surface area contributed by atoms with Crippen LogP contribution in [0.1, 0.15) is 36.8 Å². The summed E-state index contributed by atoms with van der Waals surface area (Å²) in [6.45, 7) is 8.10. The molecule has 0 amide bonds. The molecule has 2 rings (SSSR count). The first-order valence-corrected chi connectivity index (χ1v) is 7.81. The maximum atomic E-state index is 4.38. The van der Waals surface area contributed by atoms with Crippen LogP contribution in [0.3, 0.4) is 0 Å². The molecule has 5 heteroatoms. The minimum atomic E-state index is 0.240. The Hall–Kier alpha value is -1.20. The molecule has 0 aliphatic heterocycles. The number of nitrogens with zero attached hydrogens (tertiary/aromatic N) is 3. The van der Waals surface area contributed by atoms with E-state index in [1.807, 2.05) is 4.68 Å². The maximum absolute atomic E-state index is 4.38. The molecule has 0 bridgehead atoms. The van der Waals surface area contributed by atoms with Crippen molar-refractivity contribution < 1.29 is 0 Å². The molecular formula is C15H21BrN4. The van der Waals surface area contributed by atoms with Crippen LogP contribution in [-0.2, 0) is 13.0 Å². The third-order valence-electron chi connectivity index (χ3n) is 3.36. The van der Waals surface area contributed by atoms with Gasteiger partial charge < -0.3 is 5.32 Å². The van der Waals surface area contributed by atoms with E-state index in [0.717, 1.165) is 29.8 Å². The number of likely N-dealkylation sites (N-methyl/N-ethyl adjacent to an activating group) is 1. The molecule has 0 saturated carbocycles. The summed E-state index contributed by atoms with van der Waals surface area (Å²) in [5.41, 5.74) is 2.54. The summed E-state index contributed by atoms with van der Waals surface area (Å²) in [7, 11) is 0. The lowest BCUT2D eigenvalue weighted by atomic mass is 10.0. The molecule has 0 aliphatic carbocycles. The van der Waals surface area contributed by atoms with E-state index in [1.165, 1.54) is 11.1 Å². The van der Waals surface area contributed by atoms with Gasteiger partial charge in [-0.25, -0.2) is 4.98 Å². The number of aryl methyl sites for hydroxylation is 2. The van der Waals surface area contributed by atoms with Crippen molar-refractivity contribution in [1.29, 1.82) is 0 Å². The van der Waals surface area contributed by atoms with E-state index in [2.05, 4.69) is 70.3 Å². The zero-order valence-electron chi connectivity index (χ0n) is 12.2. The fourth-order valence-corrected chi connectivity index (χ4v) is 2.88. The molecule has 2 aromatic rings. The average molecular weight is 337 g/mol. The Kier molecular flexibility index (Phi) is 5.31. The van der Waals surface area contributed by atoms with Gasteiger partial charge in [0.1, 0.15) is 12.2 Å². The number of hydrogen-bond donors (Lipinski definition) is 1. The van der Waals surface area contributed by atoms with Crippen molar-refractivity contribution in [3.05, 3.63) is 46.0 Å². The number of nitrogens with one attached hydrogen (secondary N) is 1. The van der Waals surface area contributed by atoms with Crippen molar-refractivity contribution in [2.24, 2.45) is 0 Å². The molecule has 1 heterocycles. The van der Waals surface area contributed by atoms with Gasteiger partial charge in [0.25, 0.3) is 0 Å². The Morgan fingerprint density at radius 3 is 2.85 bits per heavy atom. The lowest BCUT2D eigenvalue weighted by molar-refractivity contribution is 0.508. The smallest absolute Gasteiger partial charge is 0.138 e. The highest BCUT2D eigenvalue weighted by Gasteiger charge is 2.17. The average Bonchev–Trinajstić information content (AvgIpc) is 2.88. The fraction of sp³-hybridized carbons (Fsp3) is 0.467. The first kappa shape index (κ1) is 15.2. The standard InChI is InChI=1S/C15H21BrN4/c1-4-17-14(9-15-18-10-19-20(15)5-2)12-8-11(3)6-7-13(12)16/h6-8,10,14,17H,4-5,9H2,1-3H3. The van der Waals surface area contributed by atoms with Crippen LogP contribution < -0.4 is 5.32 Å². The van der Waals surface area contributed by atoms with Gasteiger partial charge >= 0.3 is 0 Å². The summed E-state index contributed by atoms with van der Waals surface area (Å²) in [5.74, 6) is 1.02. The topological polar surface area (TPSA) is 42.7 Å². The van der Waals surface area contributed by atoms with Crippen LogP contribution in [0, 0.1) is 6.92 Å². The Bertz CT molecular complexity index is 565. The van der Waals surface area contributed by atoms with Gasteiger partial charge in [0.2, 0.25) is 0 Å². The van der Waals surface area contributed by atoms with Crippen LogP contribution in [-0.4, -0.2) is 21.3 Å². The number of rotatable bonds is 6. The molecule has 108 valence electrons. The number of hydrogen-bond acceptors (Lipinski definition) is 3. The first-order valence-electron chi connectivity index (χ1n) is 7.01. The second-order valence-corrected chi connectivity index (χ2v) is 5.69. The van der Waals surface area contributed by atoms with E-state index in [9.17, 15) is 0 Å². The Balaban J connectivity index is 2.29. The number of benzene rings is 1. The van der Waals surface area contributed by atoms with E-state index < -0.39 is 0 Å². The van der Waals surface area contributed by atoms with Gasteiger partial charge in [0.15, 0.2) is 0 Å². The molecule has 0 fully saturated rings. The highest BCUT2D eigenvalue weighted by Crippen LogP contribution is 2.26. The van der Waals surface area contributed by atoms with Crippen molar-refractivity contribution in [3.8, 4) is 0 Å². The van der Waals surface area contributed by atoms with Crippen molar-refractivity contribution in [2.75, 3.05) is 6.54 Å². The summed E-state index contributed by atoms with van der Waals surface area (Å²) in [4.78, 5) is 4.38. The summed E-state index contributed by atoms with van der Waals surface area (Å²) >= 11 is 3.66. The Morgan fingerprint density at radius 1 is 1.35 bits per heavy atom. The van der Waals surface area contributed by atoms with Crippen molar-refractivity contribution in [3.63, 3.8) is 0 Å². The summed E-state index contributed by atoms with van der Waals surface area (Å²) in [5, 5.41) is 7.79. The van der Waals surface area contributed by atoms with E-state index in [0.29, 0.717) is 0 Å². The van der Waals surface area contributed by atoms with Crippen molar-refractivity contribution in [2.45, 2.75) is 39.8 Å². The van der Waals surface area contributed by atoms with Crippen molar-refractivity contribution >= 4 is 15.9 Å². The van der Waals surface area contributed by atoms with Gasteiger partial charge in [-0.15, -0.1) is 0 Å². The van der Waals surface area contributed by atoms with Crippen LogP contribution in [0.15, 0.2) is 29.0 Å². The predicted octanol–water partition coefficient (Wildman–Crippen LogP) is 3.26. The second-order valence-electron chi connectivity index (χ2n) is 4.83. The highest BCUT2D eigenvalue weighted by molar-refractivity contribution is 9.10. The van der Waals surface area contributed by atoms with Gasteiger partial charge in [-0.3, -0.25) is 4.68 Å². The third kappa shape index (κ3) is 3.46. The van der Waals surface area contributed by atoms with Gasteiger partial charge in [0.05, 0.1) is 0 Å². The normalized spacial score (nSPS) is 12.6. The quantitative estimate of drug-likeness (QED) is 0.880. The molecule has 0 saturated heterocycles. The van der Waals surface area contributed by atoms with Gasteiger partial charge in [-0.2, -0.15) is 5.10 Å². The van der Waals surface area contributed by atoms with E-state index in [-0.39, 0.29) is 6.04 Å². The second kappa shape index (κ2) is 6.99. The van der Waals surface area contributed by atoms with Crippen LogP contribution in [0.5, 0.6) is 0 Å². The lowest BCUT2D eigenvalue weighted by Gasteiger charge is -2.20. The zero-order valence-corrected chi connectivity index (χ0v) is 13.8. The number of aromatic nitrogens is 3. The summed E-state index contributed by atoms with van der Waals surface area (Å²) in [6, 6.07) is 6.69. The third-order valence-corrected chi connectivity index (χ3v) is 4.08. The number of halogens is 1.